The predicted octanol–water partition coefficient (Wildman–Crippen LogP) is 3.38. The Morgan fingerprint density at radius 2 is 2.05 bits per heavy atom. The molecule has 0 aliphatic rings. The lowest BCUT2D eigenvalue weighted by atomic mass is 10.1. The largest absolute Gasteiger partial charge is 0.321 e. The molecule has 0 atom stereocenters. The number of aromatic nitrogens is 3. The number of hydrogen-bond acceptors (Lipinski definition) is 2. The van der Waals surface area contributed by atoms with Crippen molar-refractivity contribution in [3.05, 3.63) is 48.3 Å². The van der Waals surface area contributed by atoms with E-state index in [1.54, 1.807) is 12.4 Å². The zero-order valence-corrected chi connectivity index (χ0v) is 10.7. The number of nitrogens with zero attached hydrogens (tertiary/aromatic N) is 3. The molecular formula is C15H14FN3. The topological polar surface area (TPSA) is 30.7 Å². The normalized spacial score (nSPS) is 11.1. The van der Waals surface area contributed by atoms with Gasteiger partial charge in [-0.2, -0.15) is 0 Å². The molecule has 3 nitrogen and oxygen atoms in total. The van der Waals surface area contributed by atoms with Crippen LogP contribution in [0.2, 0.25) is 0 Å². The number of halogens is 1. The van der Waals surface area contributed by atoms with Crippen LogP contribution < -0.4 is 0 Å². The maximum Gasteiger partial charge on any atom is 0.143 e. The molecule has 0 amide bonds. The summed E-state index contributed by atoms with van der Waals surface area (Å²) in [6.07, 6.45) is 3.53. The smallest absolute Gasteiger partial charge is 0.143 e. The number of aryl methyl sites for hydroxylation is 2. The molecule has 0 aliphatic heterocycles. The van der Waals surface area contributed by atoms with Crippen LogP contribution in [0.5, 0.6) is 0 Å². The summed E-state index contributed by atoms with van der Waals surface area (Å²) in [7, 11) is 0. The van der Waals surface area contributed by atoms with Crippen molar-refractivity contribution >= 4 is 11.0 Å². The van der Waals surface area contributed by atoms with E-state index in [0.29, 0.717) is 6.54 Å². The van der Waals surface area contributed by atoms with Gasteiger partial charge in [0.2, 0.25) is 0 Å². The molecular weight excluding hydrogens is 241 g/mol. The third-order valence-corrected chi connectivity index (χ3v) is 3.24. The lowest BCUT2D eigenvalue weighted by Crippen LogP contribution is -2.03. The molecule has 19 heavy (non-hydrogen) atoms. The van der Waals surface area contributed by atoms with E-state index in [2.05, 4.69) is 9.97 Å². The molecule has 0 radical (unpaired) electrons. The van der Waals surface area contributed by atoms with Crippen molar-refractivity contribution in [2.75, 3.05) is 6.67 Å². The maximum atomic E-state index is 12.8. The summed E-state index contributed by atoms with van der Waals surface area (Å²) in [4.78, 5) is 8.76. The van der Waals surface area contributed by atoms with Gasteiger partial charge in [0, 0.05) is 18.0 Å². The molecule has 3 rings (SSSR count). The summed E-state index contributed by atoms with van der Waals surface area (Å²) in [6, 6.07) is 9.73. The highest BCUT2D eigenvalue weighted by molar-refractivity contribution is 5.81. The maximum absolute atomic E-state index is 12.8. The van der Waals surface area contributed by atoms with Gasteiger partial charge in [-0.15, -0.1) is 0 Å². The fraction of sp³-hybridized carbons (Fsp3) is 0.200. The molecule has 4 heteroatoms. The van der Waals surface area contributed by atoms with E-state index in [0.717, 1.165) is 28.0 Å². The van der Waals surface area contributed by atoms with Crippen LogP contribution in [0.4, 0.5) is 4.39 Å². The quantitative estimate of drug-likeness (QED) is 0.718. The van der Waals surface area contributed by atoms with Gasteiger partial charge in [0.05, 0.1) is 17.6 Å². The predicted molar refractivity (Wildman–Crippen MR) is 73.7 cm³/mol. The number of rotatable bonds is 3. The average Bonchev–Trinajstić information content (AvgIpc) is 2.79. The van der Waals surface area contributed by atoms with Gasteiger partial charge >= 0.3 is 0 Å². The number of pyridine rings is 1. The minimum atomic E-state index is -0.410. The Morgan fingerprint density at radius 1 is 1.21 bits per heavy atom. The van der Waals surface area contributed by atoms with Crippen LogP contribution in [0, 0.1) is 6.92 Å². The Bertz CT molecular complexity index is 718. The van der Waals surface area contributed by atoms with Gasteiger partial charge in [-0.25, -0.2) is 9.37 Å². The first-order valence-corrected chi connectivity index (χ1v) is 6.23. The Balaban J connectivity index is 2.28. The monoisotopic (exact) mass is 255 g/mol. The molecule has 0 fully saturated rings. The number of benzene rings is 1. The lowest BCUT2D eigenvalue weighted by molar-refractivity contribution is 0.451. The van der Waals surface area contributed by atoms with E-state index in [4.69, 9.17) is 0 Å². The molecule has 0 spiro atoms. The third-order valence-electron chi connectivity index (χ3n) is 3.24. The Morgan fingerprint density at radius 3 is 2.84 bits per heavy atom. The van der Waals surface area contributed by atoms with E-state index in [1.165, 1.54) is 0 Å². The van der Waals surface area contributed by atoms with Crippen molar-refractivity contribution < 1.29 is 4.39 Å². The van der Waals surface area contributed by atoms with Crippen molar-refractivity contribution in [1.82, 2.24) is 14.5 Å². The third kappa shape index (κ3) is 1.99. The van der Waals surface area contributed by atoms with Crippen LogP contribution in [0.1, 0.15) is 5.56 Å². The molecule has 0 bridgehead atoms. The van der Waals surface area contributed by atoms with Crippen LogP contribution in [0.3, 0.4) is 0 Å². The van der Waals surface area contributed by atoms with Crippen LogP contribution in [-0.4, -0.2) is 21.2 Å². The van der Waals surface area contributed by atoms with Crippen molar-refractivity contribution in [2.24, 2.45) is 0 Å². The first-order valence-electron chi connectivity index (χ1n) is 6.23. The number of hydrogen-bond donors (Lipinski definition) is 0. The van der Waals surface area contributed by atoms with Crippen molar-refractivity contribution in [2.45, 2.75) is 13.5 Å². The molecule has 2 heterocycles. The van der Waals surface area contributed by atoms with Gasteiger partial charge < -0.3 is 4.57 Å². The summed E-state index contributed by atoms with van der Waals surface area (Å²) in [6.45, 7) is 1.91. The van der Waals surface area contributed by atoms with Crippen molar-refractivity contribution in [3.63, 3.8) is 0 Å². The Kier molecular flexibility index (Phi) is 2.99. The van der Waals surface area contributed by atoms with Gasteiger partial charge in [-0.1, -0.05) is 12.1 Å². The van der Waals surface area contributed by atoms with Gasteiger partial charge in [-0.3, -0.25) is 4.98 Å². The number of alkyl halides is 1. The highest BCUT2D eigenvalue weighted by Crippen LogP contribution is 2.26. The summed E-state index contributed by atoms with van der Waals surface area (Å²) in [5.74, 6) is 0.782. The molecule has 0 aliphatic carbocycles. The molecule has 1 aromatic carbocycles. The molecule has 0 unspecified atom stereocenters. The second-order valence-electron chi connectivity index (χ2n) is 4.46. The standard InChI is InChI=1S/C15H14FN3/c1-11-6-8-17-10-12(11)15-18-13-4-2-3-5-14(13)19(15)9-7-16/h2-6,8,10H,7,9H2,1H3. The first kappa shape index (κ1) is 11.8. The van der Waals surface area contributed by atoms with Crippen molar-refractivity contribution in [3.8, 4) is 11.4 Å². The molecule has 0 N–H and O–H groups in total. The van der Waals surface area contributed by atoms with Crippen molar-refractivity contribution in [1.29, 1.82) is 0 Å². The molecule has 0 saturated carbocycles. The van der Waals surface area contributed by atoms with Gasteiger partial charge in [0.25, 0.3) is 0 Å². The first-order chi connectivity index (χ1) is 9.31. The van der Waals surface area contributed by atoms with E-state index in [-0.39, 0.29) is 0 Å². The molecule has 3 aromatic rings. The fourth-order valence-corrected chi connectivity index (χ4v) is 2.29. The number of para-hydroxylation sites is 2. The fourth-order valence-electron chi connectivity index (χ4n) is 2.29. The summed E-state index contributed by atoms with van der Waals surface area (Å²) in [5.41, 5.74) is 3.88. The Hall–Kier alpha value is -2.23. The number of fused-ring (bicyclic) bond motifs is 1. The van der Waals surface area contributed by atoms with E-state index < -0.39 is 6.67 Å². The Labute approximate surface area is 110 Å². The summed E-state index contributed by atoms with van der Waals surface area (Å²) in [5, 5.41) is 0. The highest BCUT2D eigenvalue weighted by atomic mass is 19.1. The minimum Gasteiger partial charge on any atom is -0.321 e. The van der Waals surface area contributed by atoms with Crippen LogP contribution in [0.15, 0.2) is 42.7 Å². The second kappa shape index (κ2) is 4.80. The molecule has 2 aromatic heterocycles. The second-order valence-corrected chi connectivity index (χ2v) is 4.46. The molecule has 96 valence electrons. The van der Waals surface area contributed by atoms with Crippen LogP contribution in [-0.2, 0) is 6.54 Å². The zero-order chi connectivity index (χ0) is 13.2. The van der Waals surface area contributed by atoms with Gasteiger partial charge in [-0.05, 0) is 30.7 Å². The highest BCUT2D eigenvalue weighted by Gasteiger charge is 2.13. The van der Waals surface area contributed by atoms with E-state index in [9.17, 15) is 4.39 Å². The van der Waals surface area contributed by atoms with Crippen LogP contribution >= 0.6 is 0 Å². The van der Waals surface area contributed by atoms with Crippen LogP contribution in [0.25, 0.3) is 22.4 Å². The molecule has 0 saturated heterocycles. The van der Waals surface area contributed by atoms with E-state index in [1.807, 2.05) is 41.8 Å². The average molecular weight is 255 g/mol. The van der Waals surface area contributed by atoms with Gasteiger partial charge in [0.1, 0.15) is 12.5 Å². The lowest BCUT2D eigenvalue weighted by Gasteiger charge is -2.08. The SMILES string of the molecule is Cc1ccncc1-c1nc2ccccc2n1CCF. The van der Waals surface area contributed by atoms with E-state index >= 15 is 0 Å². The zero-order valence-electron chi connectivity index (χ0n) is 10.7. The summed E-state index contributed by atoms with van der Waals surface area (Å²) < 4.78 is 14.7. The summed E-state index contributed by atoms with van der Waals surface area (Å²) >= 11 is 0. The number of imidazole rings is 1. The minimum absolute atomic E-state index is 0.310. The van der Waals surface area contributed by atoms with Gasteiger partial charge in [0.15, 0.2) is 0 Å².